The van der Waals surface area contributed by atoms with Crippen molar-refractivity contribution in [3.05, 3.63) is 49.8 Å². The second-order valence-corrected chi connectivity index (χ2v) is 7.57. The van der Waals surface area contributed by atoms with Gasteiger partial charge in [-0.25, -0.2) is 9.78 Å². The van der Waals surface area contributed by atoms with Crippen LogP contribution < -0.4 is 10.9 Å². The molecular weight excluding hydrogens is 388 g/mol. The number of aryl methyl sites for hydroxylation is 1. The number of hydrogen-bond acceptors (Lipinski definition) is 6. The first-order valence-corrected chi connectivity index (χ1v) is 9.58. The Morgan fingerprint density at radius 3 is 2.81 bits per heavy atom. The molecule has 27 heavy (non-hydrogen) atoms. The largest absolute Gasteiger partial charge is 0.480 e. The molecule has 0 bridgehead atoms. The molecule has 10 heteroatoms. The van der Waals surface area contributed by atoms with Gasteiger partial charge in [0.25, 0.3) is 11.5 Å². The lowest BCUT2D eigenvalue weighted by Gasteiger charge is -2.11. The maximum absolute atomic E-state index is 12.3. The molecule has 0 aromatic carbocycles. The van der Waals surface area contributed by atoms with Gasteiger partial charge in [-0.05, 0) is 24.6 Å². The number of carbonyl (C=O) groups excluding carboxylic acids is 1. The molecule has 0 saturated heterocycles. The van der Waals surface area contributed by atoms with Gasteiger partial charge < -0.3 is 20.4 Å². The van der Waals surface area contributed by atoms with E-state index in [2.05, 4.69) is 32.9 Å². The van der Waals surface area contributed by atoms with Crippen LogP contribution in [0.1, 0.15) is 38.8 Å². The highest BCUT2D eigenvalue weighted by atomic mass is 32.1. The van der Waals surface area contributed by atoms with Crippen molar-refractivity contribution in [1.29, 1.82) is 0 Å². The molecular formula is C17H18N4O4S2. The van der Waals surface area contributed by atoms with E-state index < -0.39 is 17.9 Å². The summed E-state index contributed by atoms with van der Waals surface area (Å²) in [6.45, 7) is 3.65. The van der Waals surface area contributed by atoms with Crippen molar-refractivity contribution in [3.8, 4) is 0 Å². The average Bonchev–Trinajstić information content (AvgIpc) is 3.25. The molecule has 3 aromatic heterocycles. The van der Waals surface area contributed by atoms with E-state index in [-0.39, 0.29) is 17.2 Å². The van der Waals surface area contributed by atoms with E-state index in [4.69, 9.17) is 5.11 Å². The lowest BCUT2D eigenvalue weighted by molar-refractivity contribution is -0.138. The second-order valence-electron chi connectivity index (χ2n) is 6.09. The Morgan fingerprint density at radius 1 is 1.41 bits per heavy atom. The van der Waals surface area contributed by atoms with Crippen LogP contribution in [-0.2, 0) is 4.79 Å². The molecule has 142 valence electrons. The van der Waals surface area contributed by atoms with Crippen LogP contribution in [0.15, 0.2) is 23.1 Å². The number of nitrogens with one attached hydrogen (secondary N) is 3. The quantitative estimate of drug-likeness (QED) is 0.399. The smallest absolute Gasteiger partial charge is 0.327 e. The van der Waals surface area contributed by atoms with Gasteiger partial charge in [0.1, 0.15) is 17.5 Å². The van der Waals surface area contributed by atoms with Crippen LogP contribution in [0.2, 0.25) is 0 Å². The molecule has 8 nitrogen and oxygen atoms in total. The minimum absolute atomic E-state index is 0.000240. The number of carboxylic acid groups (broad SMARTS) is 1. The zero-order valence-electron chi connectivity index (χ0n) is 14.6. The van der Waals surface area contributed by atoms with E-state index in [1.165, 1.54) is 11.3 Å². The molecule has 2 atom stereocenters. The minimum atomic E-state index is -1.13. The third kappa shape index (κ3) is 3.76. The molecule has 3 rings (SSSR count). The Kier molecular flexibility index (Phi) is 5.38. The van der Waals surface area contributed by atoms with Crippen molar-refractivity contribution in [2.24, 2.45) is 0 Å². The van der Waals surface area contributed by atoms with Crippen LogP contribution in [0, 0.1) is 6.92 Å². The summed E-state index contributed by atoms with van der Waals surface area (Å²) in [7, 11) is 0. The number of thiol groups is 1. The summed E-state index contributed by atoms with van der Waals surface area (Å²) in [6.07, 6.45) is 1.75. The van der Waals surface area contributed by atoms with Gasteiger partial charge in [-0.15, -0.1) is 11.3 Å². The summed E-state index contributed by atoms with van der Waals surface area (Å²) in [4.78, 5) is 46.9. The molecule has 3 aromatic rings. The maximum Gasteiger partial charge on any atom is 0.327 e. The Balaban J connectivity index is 1.87. The number of thiophene rings is 1. The monoisotopic (exact) mass is 406 g/mol. The Morgan fingerprint density at radius 2 is 2.15 bits per heavy atom. The van der Waals surface area contributed by atoms with Gasteiger partial charge in [-0.1, -0.05) is 6.92 Å². The number of aromatic amines is 2. The first-order chi connectivity index (χ1) is 12.8. The lowest BCUT2D eigenvalue weighted by Crippen LogP contribution is -2.41. The van der Waals surface area contributed by atoms with Crippen molar-refractivity contribution in [2.75, 3.05) is 5.75 Å². The molecule has 0 fully saturated rings. The molecule has 0 aliphatic heterocycles. The third-order valence-corrected chi connectivity index (χ3v) is 5.85. The number of fused-ring (bicyclic) bond motifs is 1. The van der Waals surface area contributed by atoms with Crippen molar-refractivity contribution in [3.63, 3.8) is 0 Å². The fraction of sp³-hybridized carbons (Fsp3) is 0.294. The topological polar surface area (TPSA) is 128 Å². The first-order valence-electron chi connectivity index (χ1n) is 8.14. The number of H-pyrrole nitrogens is 2. The molecule has 3 heterocycles. The first kappa shape index (κ1) is 19.2. The Bertz CT molecular complexity index is 1070. The highest BCUT2D eigenvalue weighted by Crippen LogP contribution is 2.32. The van der Waals surface area contributed by atoms with Crippen molar-refractivity contribution in [1.82, 2.24) is 20.3 Å². The third-order valence-electron chi connectivity index (χ3n) is 4.22. The van der Waals surface area contributed by atoms with Crippen molar-refractivity contribution in [2.45, 2.75) is 25.8 Å². The number of nitrogens with zero attached hydrogens (tertiary/aromatic N) is 1. The van der Waals surface area contributed by atoms with Crippen molar-refractivity contribution >= 4 is 46.9 Å². The van der Waals surface area contributed by atoms with Gasteiger partial charge in [-0.2, -0.15) is 12.6 Å². The summed E-state index contributed by atoms with van der Waals surface area (Å²) in [5.41, 5.74) is 1.09. The number of carboxylic acids is 1. The van der Waals surface area contributed by atoms with E-state index in [0.29, 0.717) is 21.7 Å². The molecule has 4 N–H and O–H groups in total. The molecule has 0 spiro atoms. The molecule has 1 amide bonds. The van der Waals surface area contributed by atoms with Crippen LogP contribution >= 0.6 is 24.0 Å². The van der Waals surface area contributed by atoms with Gasteiger partial charge in [0.05, 0.1) is 10.3 Å². The lowest BCUT2D eigenvalue weighted by atomic mass is 10.0. The number of aliphatic carboxylic acids is 1. The Labute approximate surface area is 163 Å². The summed E-state index contributed by atoms with van der Waals surface area (Å²) in [5, 5.41) is 12.0. The highest BCUT2D eigenvalue weighted by Gasteiger charge is 2.22. The van der Waals surface area contributed by atoms with Gasteiger partial charge in [-0.3, -0.25) is 9.59 Å². The van der Waals surface area contributed by atoms with E-state index in [0.717, 1.165) is 10.4 Å². The number of hydrogen-bond donors (Lipinski definition) is 5. The predicted molar refractivity (Wildman–Crippen MR) is 106 cm³/mol. The second kappa shape index (κ2) is 7.57. The van der Waals surface area contributed by atoms with Gasteiger partial charge >= 0.3 is 5.97 Å². The van der Waals surface area contributed by atoms with E-state index >= 15 is 0 Å². The molecule has 1 unspecified atom stereocenters. The number of amides is 1. The number of carbonyl (C=O) groups is 2. The molecule has 0 saturated carbocycles. The zero-order chi connectivity index (χ0) is 19.7. The maximum atomic E-state index is 12.3. The van der Waals surface area contributed by atoms with Crippen LogP contribution in [0.4, 0.5) is 0 Å². The molecule has 0 radical (unpaired) electrons. The van der Waals surface area contributed by atoms with Crippen LogP contribution in [0.5, 0.6) is 0 Å². The van der Waals surface area contributed by atoms with Gasteiger partial charge in [0.2, 0.25) is 0 Å². The SMILES string of the molecule is Cc1nc2[nH]cc(C(C)c3ccc(C(=O)N[C@@H](CS)C(=O)O)s3)c2c(=O)[nH]1. The molecule has 0 aliphatic carbocycles. The van der Waals surface area contributed by atoms with Crippen LogP contribution in [0.25, 0.3) is 11.0 Å². The number of aromatic nitrogens is 3. The fourth-order valence-electron chi connectivity index (χ4n) is 2.79. The normalized spacial score (nSPS) is 13.4. The Hall–Kier alpha value is -2.59. The zero-order valence-corrected chi connectivity index (χ0v) is 16.3. The van der Waals surface area contributed by atoms with E-state index in [1.54, 1.807) is 25.3 Å². The summed E-state index contributed by atoms with van der Waals surface area (Å²) < 4.78 is 0. The summed E-state index contributed by atoms with van der Waals surface area (Å²) in [6, 6.07) is 2.39. The number of rotatable bonds is 6. The minimum Gasteiger partial charge on any atom is -0.480 e. The van der Waals surface area contributed by atoms with E-state index in [9.17, 15) is 14.4 Å². The summed E-state index contributed by atoms with van der Waals surface area (Å²) in [5.74, 6) is -1.21. The fourth-order valence-corrected chi connectivity index (χ4v) is 4.02. The van der Waals surface area contributed by atoms with Gasteiger partial charge in [0.15, 0.2) is 0 Å². The van der Waals surface area contributed by atoms with Gasteiger partial charge in [0, 0.05) is 22.7 Å². The summed E-state index contributed by atoms with van der Waals surface area (Å²) >= 11 is 5.19. The standard InChI is InChI=1S/C17H18N4O4S2/c1-7(9-5-18-14-13(9)16(23)20-8(2)19-14)11-3-4-12(27-11)15(22)21-10(6-26)17(24)25/h3-5,7,10,26H,6H2,1-2H3,(H,21,22)(H,24,25)(H2,18,19,20,23)/t7?,10-/m0/s1. The van der Waals surface area contributed by atoms with Crippen LogP contribution in [0.3, 0.4) is 0 Å². The van der Waals surface area contributed by atoms with Crippen molar-refractivity contribution < 1.29 is 14.7 Å². The van der Waals surface area contributed by atoms with E-state index in [1.807, 2.05) is 6.92 Å². The predicted octanol–water partition coefficient (Wildman–Crippen LogP) is 1.89. The highest BCUT2D eigenvalue weighted by molar-refractivity contribution is 7.80. The molecule has 0 aliphatic rings. The van der Waals surface area contributed by atoms with Crippen LogP contribution in [-0.4, -0.2) is 43.7 Å². The average molecular weight is 406 g/mol.